The molecular formula is C42H26. The summed E-state index contributed by atoms with van der Waals surface area (Å²) in [6, 6.07) is 58.1. The van der Waals surface area contributed by atoms with Gasteiger partial charge in [0.15, 0.2) is 0 Å². The predicted molar refractivity (Wildman–Crippen MR) is 182 cm³/mol. The van der Waals surface area contributed by atoms with Crippen LogP contribution in [0.2, 0.25) is 0 Å². The lowest BCUT2D eigenvalue weighted by atomic mass is 9.85. The number of fused-ring (bicyclic) bond motifs is 12. The topological polar surface area (TPSA) is 0 Å². The Hall–Kier alpha value is -5.46. The predicted octanol–water partition coefficient (Wildman–Crippen LogP) is 11.9. The molecule has 0 aliphatic rings. The second-order valence-corrected chi connectivity index (χ2v) is 11.3. The average molecular weight is 531 g/mol. The van der Waals surface area contributed by atoms with Crippen LogP contribution in [-0.2, 0) is 0 Å². The second kappa shape index (κ2) is 9.03. The summed E-state index contributed by atoms with van der Waals surface area (Å²) in [5.41, 5.74) is 4.97. The van der Waals surface area contributed by atoms with E-state index in [1.54, 1.807) is 0 Å². The van der Waals surface area contributed by atoms with Crippen molar-refractivity contribution in [3.8, 4) is 22.3 Å². The van der Waals surface area contributed by atoms with Crippen molar-refractivity contribution in [1.82, 2.24) is 0 Å². The molecule has 0 unspecified atom stereocenters. The molecule has 42 heavy (non-hydrogen) atoms. The summed E-state index contributed by atoms with van der Waals surface area (Å²) >= 11 is 0. The van der Waals surface area contributed by atoms with Gasteiger partial charge in [0.05, 0.1) is 0 Å². The third-order valence-corrected chi connectivity index (χ3v) is 8.99. The van der Waals surface area contributed by atoms with Crippen molar-refractivity contribution in [2.75, 3.05) is 0 Å². The average Bonchev–Trinajstić information content (AvgIpc) is 3.07. The maximum absolute atomic E-state index is 2.42. The molecule has 0 saturated carbocycles. The zero-order chi connectivity index (χ0) is 27.6. The SMILES string of the molecule is c1ccc(-c2ccc3c4ccc(-c5ccc6ccccc6c5)cc4c4c5ccccc5c5ccccc5c4c3c2)cc1. The number of rotatable bonds is 2. The molecule has 0 aliphatic heterocycles. The highest BCUT2D eigenvalue weighted by Crippen LogP contribution is 2.45. The minimum atomic E-state index is 1.24. The van der Waals surface area contributed by atoms with E-state index in [-0.39, 0.29) is 0 Å². The Morgan fingerprint density at radius 2 is 0.643 bits per heavy atom. The van der Waals surface area contributed by atoms with E-state index in [1.807, 2.05) is 0 Å². The number of hydrogen-bond donors (Lipinski definition) is 0. The van der Waals surface area contributed by atoms with E-state index in [0.717, 1.165) is 0 Å². The molecule has 0 spiro atoms. The first-order valence-corrected chi connectivity index (χ1v) is 14.6. The molecule has 194 valence electrons. The fraction of sp³-hybridized carbons (Fsp3) is 0. The quantitative estimate of drug-likeness (QED) is 0.195. The molecule has 0 heteroatoms. The third kappa shape index (κ3) is 3.42. The Balaban J connectivity index is 1.47. The van der Waals surface area contributed by atoms with E-state index in [9.17, 15) is 0 Å². The zero-order valence-electron chi connectivity index (χ0n) is 23.0. The third-order valence-electron chi connectivity index (χ3n) is 8.99. The molecule has 0 amide bonds. The molecule has 0 aliphatic carbocycles. The van der Waals surface area contributed by atoms with E-state index in [1.165, 1.54) is 86.9 Å². The van der Waals surface area contributed by atoms with Crippen molar-refractivity contribution in [2.24, 2.45) is 0 Å². The Labute approximate surface area is 244 Å². The Kier molecular flexibility index (Phi) is 5.00. The summed E-state index contributed by atoms with van der Waals surface area (Å²) in [5, 5.41) is 15.6. The van der Waals surface area contributed by atoms with Crippen molar-refractivity contribution < 1.29 is 0 Å². The zero-order valence-corrected chi connectivity index (χ0v) is 23.0. The fourth-order valence-corrected chi connectivity index (χ4v) is 7.03. The molecule has 9 aromatic carbocycles. The number of benzene rings is 9. The summed E-state index contributed by atoms with van der Waals surface area (Å²) in [6.07, 6.45) is 0. The van der Waals surface area contributed by atoms with Crippen LogP contribution in [0.3, 0.4) is 0 Å². The van der Waals surface area contributed by atoms with Gasteiger partial charge in [-0.3, -0.25) is 0 Å². The second-order valence-electron chi connectivity index (χ2n) is 11.3. The van der Waals surface area contributed by atoms with E-state index in [0.29, 0.717) is 0 Å². The molecule has 0 saturated heterocycles. The van der Waals surface area contributed by atoms with Gasteiger partial charge >= 0.3 is 0 Å². The van der Waals surface area contributed by atoms with Crippen molar-refractivity contribution >= 4 is 64.6 Å². The van der Waals surface area contributed by atoms with Gasteiger partial charge in [0, 0.05) is 0 Å². The molecule has 0 bridgehead atoms. The fourth-order valence-electron chi connectivity index (χ4n) is 7.03. The molecule has 0 nitrogen and oxygen atoms in total. The van der Waals surface area contributed by atoms with Gasteiger partial charge in [0.1, 0.15) is 0 Å². The molecule has 9 aromatic rings. The molecule has 9 rings (SSSR count). The monoisotopic (exact) mass is 530 g/mol. The lowest BCUT2D eigenvalue weighted by Gasteiger charge is -2.18. The molecule has 0 fully saturated rings. The van der Waals surface area contributed by atoms with E-state index >= 15 is 0 Å². The van der Waals surface area contributed by atoms with Crippen LogP contribution in [0.5, 0.6) is 0 Å². The van der Waals surface area contributed by atoms with Gasteiger partial charge in [-0.25, -0.2) is 0 Å². The van der Waals surface area contributed by atoms with Crippen LogP contribution in [0.1, 0.15) is 0 Å². The van der Waals surface area contributed by atoms with Gasteiger partial charge in [-0.05, 0) is 105 Å². The van der Waals surface area contributed by atoms with Crippen molar-refractivity contribution in [1.29, 1.82) is 0 Å². The maximum Gasteiger partial charge on any atom is -0.00137 e. The molecule has 0 aromatic heterocycles. The van der Waals surface area contributed by atoms with Gasteiger partial charge < -0.3 is 0 Å². The molecule has 0 heterocycles. The summed E-state index contributed by atoms with van der Waals surface area (Å²) in [6.45, 7) is 0. The van der Waals surface area contributed by atoms with E-state index in [4.69, 9.17) is 0 Å². The first kappa shape index (κ1) is 23.3. The molecular weight excluding hydrogens is 504 g/mol. The van der Waals surface area contributed by atoms with Crippen LogP contribution < -0.4 is 0 Å². The van der Waals surface area contributed by atoms with Crippen molar-refractivity contribution in [2.45, 2.75) is 0 Å². The van der Waals surface area contributed by atoms with Gasteiger partial charge in [0.25, 0.3) is 0 Å². The van der Waals surface area contributed by atoms with Crippen LogP contribution in [0, 0.1) is 0 Å². The lowest BCUT2D eigenvalue weighted by Crippen LogP contribution is -1.90. The first-order chi connectivity index (χ1) is 20.8. The van der Waals surface area contributed by atoms with Crippen LogP contribution in [-0.4, -0.2) is 0 Å². The first-order valence-electron chi connectivity index (χ1n) is 14.6. The van der Waals surface area contributed by atoms with Crippen LogP contribution >= 0.6 is 0 Å². The molecule has 0 N–H and O–H groups in total. The summed E-state index contributed by atoms with van der Waals surface area (Å²) in [4.78, 5) is 0. The maximum atomic E-state index is 2.42. The minimum absolute atomic E-state index is 1.24. The normalized spacial score (nSPS) is 11.8. The lowest BCUT2D eigenvalue weighted by molar-refractivity contribution is 1.65. The molecule has 0 atom stereocenters. The smallest absolute Gasteiger partial charge is 0.00137 e. The van der Waals surface area contributed by atoms with Gasteiger partial charge in [-0.2, -0.15) is 0 Å². The van der Waals surface area contributed by atoms with Gasteiger partial charge in [-0.1, -0.05) is 140 Å². The Morgan fingerprint density at radius 3 is 1.26 bits per heavy atom. The van der Waals surface area contributed by atoms with Crippen molar-refractivity contribution in [3.05, 3.63) is 158 Å². The highest BCUT2D eigenvalue weighted by molar-refractivity contribution is 6.39. The van der Waals surface area contributed by atoms with Gasteiger partial charge in [-0.15, -0.1) is 0 Å². The number of hydrogen-bond acceptors (Lipinski definition) is 0. The van der Waals surface area contributed by atoms with Gasteiger partial charge in [0.2, 0.25) is 0 Å². The Morgan fingerprint density at radius 1 is 0.214 bits per heavy atom. The van der Waals surface area contributed by atoms with E-state index < -0.39 is 0 Å². The minimum Gasteiger partial charge on any atom is -0.0622 e. The summed E-state index contributed by atoms with van der Waals surface area (Å²) in [7, 11) is 0. The highest BCUT2D eigenvalue weighted by Gasteiger charge is 2.17. The standard InChI is InChI=1S/C42H26/c1-2-10-27(11-3-1)31-20-22-35-36-23-21-32(30-19-18-28-12-4-5-13-29(28)24-30)26-40(36)42-38-17-9-7-15-34(38)33-14-6-8-16-37(33)41(42)39(35)25-31/h1-26H. The summed E-state index contributed by atoms with van der Waals surface area (Å²) in [5.74, 6) is 0. The largest absolute Gasteiger partial charge is 0.0622 e. The highest BCUT2D eigenvalue weighted by atomic mass is 14.2. The summed E-state index contributed by atoms with van der Waals surface area (Å²) < 4.78 is 0. The van der Waals surface area contributed by atoms with Crippen molar-refractivity contribution in [3.63, 3.8) is 0 Å². The van der Waals surface area contributed by atoms with E-state index in [2.05, 4.69) is 158 Å². The Bertz CT molecular complexity index is 2500. The molecule has 0 radical (unpaired) electrons. The van der Waals surface area contributed by atoms with Crippen LogP contribution in [0.15, 0.2) is 158 Å². The van der Waals surface area contributed by atoms with Crippen LogP contribution in [0.25, 0.3) is 86.9 Å². The van der Waals surface area contributed by atoms with Crippen LogP contribution in [0.4, 0.5) is 0 Å².